The Balaban J connectivity index is 3.39. The van der Waals surface area contributed by atoms with Crippen molar-refractivity contribution in [3.05, 3.63) is 58.6 Å². The largest absolute Gasteiger partial charge is 0.405 e. The average molecular weight is 495 g/mol. The molecule has 1 aromatic heterocycles. The Labute approximate surface area is 206 Å². The fourth-order valence-electron chi connectivity index (χ4n) is 3.34. The molecule has 0 amide bonds. The van der Waals surface area contributed by atoms with E-state index in [9.17, 15) is 22.8 Å². The molecule has 1 rings (SSSR count). The number of aromatic nitrogens is 1. The van der Waals surface area contributed by atoms with Gasteiger partial charge < -0.3 is 10.6 Å². The summed E-state index contributed by atoms with van der Waals surface area (Å²) in [5.41, 5.74) is 3.58. The van der Waals surface area contributed by atoms with Crippen LogP contribution in [0.25, 0.3) is 5.70 Å². The van der Waals surface area contributed by atoms with E-state index < -0.39 is 12.7 Å². The molecule has 6 nitrogen and oxygen atoms in total. The van der Waals surface area contributed by atoms with Crippen molar-refractivity contribution in [2.75, 3.05) is 13.6 Å². The molecular formula is C26H37F3N4O2. The summed E-state index contributed by atoms with van der Waals surface area (Å²) in [6.45, 7) is 8.65. The Bertz CT molecular complexity index is 937. The van der Waals surface area contributed by atoms with Crippen LogP contribution in [-0.2, 0) is 11.3 Å². The number of hydrogen-bond donors (Lipinski definition) is 2. The maximum atomic E-state index is 12.6. The molecule has 0 aliphatic carbocycles. The fourth-order valence-corrected chi connectivity index (χ4v) is 3.34. The first-order valence-electron chi connectivity index (χ1n) is 11.7. The quantitative estimate of drug-likeness (QED) is 0.215. The minimum absolute atomic E-state index is 0.148. The summed E-state index contributed by atoms with van der Waals surface area (Å²) >= 11 is 0. The number of hydrogen-bond acceptors (Lipinski definition) is 6. The molecule has 0 aromatic carbocycles. The van der Waals surface area contributed by atoms with E-state index in [1.165, 1.54) is 6.20 Å². The van der Waals surface area contributed by atoms with Crippen LogP contribution < -0.4 is 10.6 Å². The SMILES string of the molecule is CCC/C=C(\NC(C)C)c1nccc(C=O)c1CN(C)C(C)C(C=C(C)C=O)=CNCC(F)(F)F. The third-order valence-corrected chi connectivity index (χ3v) is 5.26. The molecule has 0 saturated carbocycles. The lowest BCUT2D eigenvalue weighted by Crippen LogP contribution is -2.33. The summed E-state index contributed by atoms with van der Waals surface area (Å²) in [6.07, 6.45) is 5.33. The van der Waals surface area contributed by atoms with Crippen molar-refractivity contribution in [1.82, 2.24) is 20.5 Å². The van der Waals surface area contributed by atoms with E-state index >= 15 is 0 Å². The second-order valence-corrected chi connectivity index (χ2v) is 8.79. The highest BCUT2D eigenvalue weighted by molar-refractivity contribution is 5.80. The molecule has 0 bridgehead atoms. The highest BCUT2D eigenvalue weighted by atomic mass is 19.4. The van der Waals surface area contributed by atoms with Gasteiger partial charge in [-0.2, -0.15) is 13.2 Å². The van der Waals surface area contributed by atoms with Crippen LogP contribution in [-0.4, -0.2) is 54.3 Å². The molecule has 0 fully saturated rings. The minimum atomic E-state index is -4.37. The molecule has 0 radical (unpaired) electrons. The van der Waals surface area contributed by atoms with Crippen LogP contribution in [0, 0.1) is 0 Å². The zero-order chi connectivity index (χ0) is 26.6. The smallest absolute Gasteiger partial charge is 0.382 e. The van der Waals surface area contributed by atoms with E-state index in [2.05, 4.69) is 28.6 Å². The van der Waals surface area contributed by atoms with E-state index in [-0.39, 0.29) is 12.1 Å². The third-order valence-electron chi connectivity index (χ3n) is 5.26. The van der Waals surface area contributed by atoms with Crippen LogP contribution in [0.15, 0.2) is 41.8 Å². The molecule has 0 saturated heterocycles. The fraction of sp³-hybridized carbons (Fsp3) is 0.500. The normalized spacial score (nSPS) is 14.3. The average Bonchev–Trinajstić information content (AvgIpc) is 2.79. The van der Waals surface area contributed by atoms with Gasteiger partial charge in [0.2, 0.25) is 0 Å². The lowest BCUT2D eigenvalue weighted by Gasteiger charge is -2.28. The number of aldehydes is 2. The molecule has 1 unspecified atom stereocenters. The summed E-state index contributed by atoms with van der Waals surface area (Å²) in [4.78, 5) is 29.5. The Morgan fingerprint density at radius 1 is 1.23 bits per heavy atom. The van der Waals surface area contributed by atoms with Crippen molar-refractivity contribution < 1.29 is 22.8 Å². The van der Waals surface area contributed by atoms with E-state index in [0.29, 0.717) is 40.8 Å². The van der Waals surface area contributed by atoms with Crippen molar-refractivity contribution >= 4 is 18.3 Å². The van der Waals surface area contributed by atoms with Gasteiger partial charge in [-0.3, -0.25) is 19.5 Å². The predicted molar refractivity (Wildman–Crippen MR) is 134 cm³/mol. The van der Waals surface area contributed by atoms with Crippen LogP contribution in [0.1, 0.15) is 69.1 Å². The third kappa shape index (κ3) is 10.5. The second kappa shape index (κ2) is 14.5. The Morgan fingerprint density at radius 3 is 2.46 bits per heavy atom. The van der Waals surface area contributed by atoms with Crippen LogP contribution in [0.5, 0.6) is 0 Å². The Kier molecular flexibility index (Phi) is 12.4. The molecule has 194 valence electrons. The van der Waals surface area contributed by atoms with E-state index in [0.717, 1.165) is 24.8 Å². The molecular weight excluding hydrogens is 457 g/mol. The summed E-state index contributed by atoms with van der Waals surface area (Å²) in [5, 5.41) is 5.70. The zero-order valence-electron chi connectivity index (χ0n) is 21.4. The monoisotopic (exact) mass is 494 g/mol. The second-order valence-electron chi connectivity index (χ2n) is 8.79. The number of nitrogens with zero attached hydrogens (tertiary/aromatic N) is 2. The van der Waals surface area contributed by atoms with Gasteiger partial charge in [0.1, 0.15) is 12.8 Å². The molecule has 0 aliphatic heterocycles. The first-order chi connectivity index (χ1) is 16.4. The summed E-state index contributed by atoms with van der Waals surface area (Å²) in [6, 6.07) is 1.42. The first kappa shape index (κ1) is 30.1. The molecule has 0 spiro atoms. The number of halogens is 3. The lowest BCUT2D eigenvalue weighted by atomic mass is 10.0. The number of carbonyl (C=O) groups is 2. The molecule has 1 atom stereocenters. The molecule has 9 heteroatoms. The number of allylic oxidation sites excluding steroid dienone is 2. The molecule has 2 N–H and O–H groups in total. The van der Waals surface area contributed by atoms with Crippen molar-refractivity contribution in [2.45, 2.75) is 72.3 Å². The standard InChI is InChI=1S/C26H37F3N4O2/c1-7-8-9-24(32-18(2)3)25-23(21(16-35)10-11-31-25)14-33(6)20(5)22(12-19(4)15-34)13-30-17-26(27,28)29/h9-13,15-16,18,20,30,32H,7-8,14,17H2,1-6H3/b19-12?,22-13?,24-9-. The van der Waals surface area contributed by atoms with Gasteiger partial charge in [-0.25, -0.2) is 0 Å². The Hall–Kier alpha value is -2.94. The highest BCUT2D eigenvalue weighted by Crippen LogP contribution is 2.23. The van der Waals surface area contributed by atoms with Crippen LogP contribution in [0.2, 0.25) is 0 Å². The van der Waals surface area contributed by atoms with Gasteiger partial charge in [0.05, 0.1) is 11.4 Å². The topological polar surface area (TPSA) is 74.3 Å². The Morgan fingerprint density at radius 2 is 1.91 bits per heavy atom. The number of rotatable bonds is 14. The van der Waals surface area contributed by atoms with E-state index in [1.807, 2.05) is 32.7 Å². The maximum Gasteiger partial charge on any atom is 0.405 e. The predicted octanol–water partition coefficient (Wildman–Crippen LogP) is 5.03. The van der Waals surface area contributed by atoms with Crippen LogP contribution in [0.4, 0.5) is 13.2 Å². The summed E-state index contributed by atoms with van der Waals surface area (Å²) in [5.74, 6) is 0. The van der Waals surface area contributed by atoms with Gasteiger partial charge in [-0.15, -0.1) is 0 Å². The number of pyridine rings is 1. The van der Waals surface area contributed by atoms with Crippen molar-refractivity contribution in [2.24, 2.45) is 0 Å². The minimum Gasteiger partial charge on any atom is -0.382 e. The van der Waals surface area contributed by atoms with Crippen molar-refractivity contribution in [3.8, 4) is 0 Å². The highest BCUT2D eigenvalue weighted by Gasteiger charge is 2.26. The van der Waals surface area contributed by atoms with Gasteiger partial charge in [0, 0.05) is 42.2 Å². The van der Waals surface area contributed by atoms with Gasteiger partial charge in [0.25, 0.3) is 0 Å². The van der Waals surface area contributed by atoms with Gasteiger partial charge in [-0.1, -0.05) is 19.4 Å². The van der Waals surface area contributed by atoms with Gasteiger partial charge >= 0.3 is 6.18 Å². The number of carbonyl (C=O) groups excluding carboxylic acids is 2. The number of alkyl halides is 3. The van der Waals surface area contributed by atoms with E-state index in [1.54, 1.807) is 25.3 Å². The van der Waals surface area contributed by atoms with Crippen LogP contribution >= 0.6 is 0 Å². The molecule has 1 aromatic rings. The van der Waals surface area contributed by atoms with Gasteiger partial charge in [-0.05, 0) is 64.5 Å². The molecule has 35 heavy (non-hydrogen) atoms. The molecule has 1 heterocycles. The van der Waals surface area contributed by atoms with E-state index in [4.69, 9.17) is 0 Å². The maximum absolute atomic E-state index is 12.6. The number of unbranched alkanes of at least 4 members (excludes halogenated alkanes) is 1. The lowest BCUT2D eigenvalue weighted by molar-refractivity contribution is -0.122. The van der Waals surface area contributed by atoms with Gasteiger partial charge in [0.15, 0.2) is 6.29 Å². The summed E-state index contributed by atoms with van der Waals surface area (Å²) < 4.78 is 37.9. The first-order valence-corrected chi connectivity index (χ1v) is 11.7. The number of likely N-dealkylation sites (N-methyl/N-ethyl adjacent to an activating group) is 1. The van der Waals surface area contributed by atoms with Crippen LogP contribution in [0.3, 0.4) is 0 Å². The number of nitrogens with one attached hydrogen (secondary N) is 2. The zero-order valence-corrected chi connectivity index (χ0v) is 21.4. The summed E-state index contributed by atoms with van der Waals surface area (Å²) in [7, 11) is 1.81. The van der Waals surface area contributed by atoms with Crippen molar-refractivity contribution in [1.29, 1.82) is 0 Å². The molecule has 0 aliphatic rings. The van der Waals surface area contributed by atoms with Crippen molar-refractivity contribution in [3.63, 3.8) is 0 Å².